The second-order valence-electron chi connectivity index (χ2n) is 8.52. The van der Waals surface area contributed by atoms with E-state index in [4.69, 9.17) is 0 Å². The maximum Gasteiger partial charge on any atom is 0.165 e. The first-order chi connectivity index (χ1) is 18.1. The molecule has 0 aliphatic heterocycles. The fourth-order valence-electron chi connectivity index (χ4n) is 3.92. The van der Waals surface area contributed by atoms with Crippen molar-refractivity contribution in [3.05, 3.63) is 116 Å². The summed E-state index contributed by atoms with van der Waals surface area (Å²) < 4.78 is 1.35. The van der Waals surface area contributed by atoms with E-state index < -0.39 is 0 Å². The number of thiazole rings is 1. The van der Waals surface area contributed by atoms with E-state index in [0.717, 1.165) is 37.0 Å². The first-order valence-corrected chi connectivity index (χ1v) is 13.3. The van der Waals surface area contributed by atoms with Gasteiger partial charge in [0, 0.05) is 21.8 Å². The Labute approximate surface area is 224 Å². The predicted octanol–water partition coefficient (Wildman–Crippen LogP) is 6.98. The van der Waals surface area contributed by atoms with Crippen LogP contribution in [0.3, 0.4) is 0 Å². The lowest BCUT2D eigenvalue weighted by atomic mass is 10.1. The van der Waals surface area contributed by atoms with Crippen LogP contribution in [0, 0.1) is 36.5 Å². The van der Waals surface area contributed by atoms with E-state index in [1.54, 1.807) is 11.3 Å². The number of anilines is 3. The number of nitrogens with zero attached hydrogens (tertiary/aromatic N) is 4. The van der Waals surface area contributed by atoms with Gasteiger partial charge in [0.25, 0.3) is 0 Å². The first kappa shape index (κ1) is 24.2. The van der Waals surface area contributed by atoms with Gasteiger partial charge in [0.15, 0.2) is 5.57 Å². The largest absolute Gasteiger partial charge is 0.302 e. The van der Waals surface area contributed by atoms with Crippen LogP contribution in [-0.4, -0.2) is 4.98 Å². The monoisotopic (exact) mass is 514 g/mol. The molecule has 0 aliphatic rings. The van der Waals surface area contributed by atoms with E-state index in [9.17, 15) is 10.5 Å². The van der Waals surface area contributed by atoms with Crippen molar-refractivity contribution in [1.29, 1.82) is 10.5 Å². The zero-order chi connectivity index (χ0) is 25.8. The van der Waals surface area contributed by atoms with Gasteiger partial charge in [-0.05, 0) is 56.3 Å². The number of hydrogen-bond donors (Lipinski definition) is 0. The molecule has 0 aliphatic carbocycles. The van der Waals surface area contributed by atoms with Crippen LogP contribution in [0.1, 0.15) is 16.0 Å². The summed E-state index contributed by atoms with van der Waals surface area (Å²) >= 11 is 3.04. The molecule has 2 heterocycles. The van der Waals surface area contributed by atoms with Gasteiger partial charge >= 0.3 is 0 Å². The molecule has 6 heteroatoms. The van der Waals surface area contributed by atoms with Gasteiger partial charge in [0.05, 0.1) is 10.2 Å². The summed E-state index contributed by atoms with van der Waals surface area (Å²) in [5, 5.41) is 19.9. The van der Waals surface area contributed by atoms with Crippen LogP contribution in [0.2, 0.25) is 0 Å². The molecule has 3 aromatic carbocycles. The molecule has 37 heavy (non-hydrogen) atoms. The van der Waals surface area contributed by atoms with Gasteiger partial charge < -0.3 is 4.90 Å². The highest BCUT2D eigenvalue weighted by Gasteiger charge is 2.15. The highest BCUT2D eigenvalue weighted by atomic mass is 32.1. The first-order valence-electron chi connectivity index (χ1n) is 11.7. The van der Waals surface area contributed by atoms with Crippen LogP contribution in [0.4, 0.5) is 16.4 Å². The highest BCUT2D eigenvalue weighted by molar-refractivity contribution is 7.17. The molecule has 5 rings (SSSR count). The predicted molar refractivity (Wildman–Crippen MR) is 153 cm³/mol. The Morgan fingerprint density at radius 3 is 1.92 bits per heavy atom. The fraction of sp³-hybridized carbons (Fsp3) is 0.0645. The SMILES string of the molecule is Cc1ccc(N(c2ccc(C)cc2)c2ccc(/C=c3\sc(=C(C#N)C#N)nc3-c3ccccc3)s2)cc1. The highest BCUT2D eigenvalue weighted by Crippen LogP contribution is 2.39. The molecule has 2 aromatic heterocycles. The van der Waals surface area contributed by atoms with E-state index in [1.165, 1.54) is 22.5 Å². The van der Waals surface area contributed by atoms with Gasteiger partial charge in [-0.25, -0.2) is 4.98 Å². The minimum atomic E-state index is 0.0265. The van der Waals surface area contributed by atoms with Crippen LogP contribution < -0.4 is 14.1 Å². The maximum absolute atomic E-state index is 9.40. The molecule has 178 valence electrons. The zero-order valence-electron chi connectivity index (χ0n) is 20.3. The molecule has 0 unspecified atom stereocenters. The summed E-state index contributed by atoms with van der Waals surface area (Å²) in [5.41, 5.74) is 6.36. The van der Waals surface area contributed by atoms with Crippen LogP contribution in [0.25, 0.3) is 22.9 Å². The second kappa shape index (κ2) is 10.6. The lowest BCUT2D eigenvalue weighted by Crippen LogP contribution is -2.08. The molecule has 5 aromatic rings. The number of aromatic nitrogens is 1. The van der Waals surface area contributed by atoms with Crippen LogP contribution in [0.15, 0.2) is 91.0 Å². The molecule has 0 fully saturated rings. The van der Waals surface area contributed by atoms with Crippen molar-refractivity contribution in [2.24, 2.45) is 0 Å². The minimum absolute atomic E-state index is 0.0265. The van der Waals surface area contributed by atoms with E-state index in [0.29, 0.717) is 4.66 Å². The quantitative estimate of drug-likeness (QED) is 0.254. The third-order valence-corrected chi connectivity index (χ3v) is 7.87. The van der Waals surface area contributed by atoms with Gasteiger partial charge in [0.1, 0.15) is 21.8 Å². The molecule has 4 nitrogen and oxygen atoms in total. The van der Waals surface area contributed by atoms with E-state index in [2.05, 4.69) is 90.5 Å². The summed E-state index contributed by atoms with van der Waals surface area (Å²) in [5.74, 6) is 0. The topological polar surface area (TPSA) is 63.7 Å². The van der Waals surface area contributed by atoms with E-state index in [-0.39, 0.29) is 5.57 Å². The number of thiophene rings is 1. The van der Waals surface area contributed by atoms with Crippen LogP contribution in [-0.2, 0) is 0 Å². The summed E-state index contributed by atoms with van der Waals surface area (Å²) in [6, 6.07) is 35.1. The average molecular weight is 515 g/mol. The van der Waals surface area contributed by atoms with Gasteiger partial charge in [-0.2, -0.15) is 10.5 Å². The van der Waals surface area contributed by atoms with Crippen LogP contribution >= 0.6 is 22.7 Å². The van der Waals surface area contributed by atoms with Gasteiger partial charge in [-0.15, -0.1) is 22.7 Å². The lowest BCUT2D eigenvalue weighted by Gasteiger charge is -2.23. The average Bonchev–Trinajstić information content (AvgIpc) is 3.55. The Bertz CT molecular complexity index is 1690. The van der Waals surface area contributed by atoms with Crippen molar-refractivity contribution in [2.75, 3.05) is 4.90 Å². The number of benzene rings is 3. The summed E-state index contributed by atoms with van der Waals surface area (Å²) in [7, 11) is 0. The van der Waals surface area contributed by atoms with Gasteiger partial charge in [-0.1, -0.05) is 65.7 Å². The van der Waals surface area contributed by atoms with Crippen LogP contribution in [0.5, 0.6) is 0 Å². The number of aryl methyl sites for hydroxylation is 2. The molecule has 0 radical (unpaired) electrons. The number of hydrogen-bond acceptors (Lipinski definition) is 6. The lowest BCUT2D eigenvalue weighted by molar-refractivity contribution is 1.29. The molecular formula is C31H22N4S2. The minimum Gasteiger partial charge on any atom is -0.302 e. The second-order valence-corrected chi connectivity index (χ2v) is 10.6. The molecule has 0 saturated carbocycles. The van der Waals surface area contributed by atoms with E-state index in [1.807, 2.05) is 42.5 Å². The normalized spacial score (nSPS) is 11.1. The molecule has 0 amide bonds. The Morgan fingerprint density at radius 2 is 1.35 bits per heavy atom. The van der Waals surface area contributed by atoms with Crippen molar-refractivity contribution in [3.8, 4) is 23.4 Å². The van der Waals surface area contributed by atoms with Crippen molar-refractivity contribution in [2.45, 2.75) is 13.8 Å². The van der Waals surface area contributed by atoms with Crippen molar-refractivity contribution < 1.29 is 0 Å². The summed E-state index contributed by atoms with van der Waals surface area (Å²) in [6.45, 7) is 4.18. The summed E-state index contributed by atoms with van der Waals surface area (Å²) in [4.78, 5) is 7.99. The Balaban J connectivity index is 1.64. The molecule has 0 N–H and O–H groups in total. The standard InChI is InChI=1S/C31H22N4S2/c1-21-8-12-25(13-9-21)35(26-14-10-22(2)11-15-26)29-17-16-27(36-29)18-28-30(23-6-4-3-5-7-23)34-31(37-28)24(19-32)20-33/h3-18H,1-2H3/b28-18-. The molecule has 0 saturated heterocycles. The van der Waals surface area contributed by atoms with Crippen molar-refractivity contribution >= 4 is 50.7 Å². The smallest absolute Gasteiger partial charge is 0.165 e. The molecular weight excluding hydrogens is 493 g/mol. The van der Waals surface area contributed by atoms with Gasteiger partial charge in [-0.3, -0.25) is 0 Å². The fourth-order valence-corrected chi connectivity index (χ4v) is 5.97. The third-order valence-electron chi connectivity index (χ3n) is 5.83. The van der Waals surface area contributed by atoms with Crippen molar-refractivity contribution in [1.82, 2.24) is 4.98 Å². The number of nitriles is 2. The number of rotatable bonds is 5. The third kappa shape index (κ3) is 5.22. The zero-order valence-corrected chi connectivity index (χ0v) is 22.0. The summed E-state index contributed by atoms with van der Waals surface area (Å²) in [6.07, 6.45) is 2.09. The van der Waals surface area contributed by atoms with E-state index >= 15 is 0 Å². The van der Waals surface area contributed by atoms with Crippen molar-refractivity contribution in [3.63, 3.8) is 0 Å². The Kier molecular flexibility index (Phi) is 6.96. The molecule has 0 spiro atoms. The molecule has 0 bridgehead atoms. The maximum atomic E-state index is 9.40. The van der Waals surface area contributed by atoms with Gasteiger partial charge in [0.2, 0.25) is 0 Å². The molecule has 0 atom stereocenters. The Morgan fingerprint density at radius 1 is 0.757 bits per heavy atom. The Hall–Kier alpha value is -4.49.